The summed E-state index contributed by atoms with van der Waals surface area (Å²) >= 11 is 0. The van der Waals surface area contributed by atoms with Gasteiger partial charge in [0.2, 0.25) is 0 Å². The third-order valence-corrected chi connectivity index (χ3v) is 1.61. The second-order valence-corrected chi connectivity index (χ2v) is 2.36. The summed E-state index contributed by atoms with van der Waals surface area (Å²) in [6.45, 7) is 3.54. The van der Waals surface area contributed by atoms with Crippen LogP contribution >= 0.6 is 0 Å². The summed E-state index contributed by atoms with van der Waals surface area (Å²) in [4.78, 5) is 3.97. The molecule has 1 aromatic rings. The summed E-state index contributed by atoms with van der Waals surface area (Å²) in [5.41, 5.74) is 2.25. The Labute approximate surface area is 66.0 Å². The number of rotatable bonds is 0. The molecule has 1 heterocycles. The number of nitrogens with zero attached hydrogens (tertiary/aromatic N) is 1. The Morgan fingerprint density at radius 1 is 1.36 bits per heavy atom. The van der Waals surface area contributed by atoms with Crippen molar-refractivity contribution in [2.45, 2.75) is 0 Å². The Morgan fingerprint density at radius 2 is 2.27 bits per heavy atom. The second-order valence-electron chi connectivity index (χ2n) is 2.36. The molecule has 54 valence electrons. The maximum Gasteiger partial charge on any atom is 0.136 e. The molecule has 0 spiro atoms. The van der Waals surface area contributed by atoms with Crippen LogP contribution in [0.1, 0.15) is 5.56 Å². The van der Waals surface area contributed by atoms with Gasteiger partial charge >= 0.3 is 0 Å². The molecule has 0 aliphatic carbocycles. The minimum Gasteiger partial charge on any atom is -0.382 e. The quantitative estimate of drug-likeness (QED) is 0.587. The molecule has 2 rings (SSSR count). The van der Waals surface area contributed by atoms with Crippen LogP contribution in [-0.4, -0.2) is 12.8 Å². The summed E-state index contributed by atoms with van der Waals surface area (Å²) in [6, 6.07) is 8.07. The summed E-state index contributed by atoms with van der Waals surface area (Å²) < 4.78 is 0. The van der Waals surface area contributed by atoms with Crippen LogP contribution in [0.2, 0.25) is 0 Å². The molecule has 2 heteroatoms. The van der Waals surface area contributed by atoms with Gasteiger partial charge in [0, 0.05) is 24.0 Å². The first-order valence-corrected chi connectivity index (χ1v) is 3.55. The van der Waals surface area contributed by atoms with Crippen molar-refractivity contribution in [1.82, 2.24) is 0 Å². The predicted molar refractivity (Wildman–Crippen MR) is 45.8 cm³/mol. The Bertz CT molecular complexity index is 279. The molecular formula is C9H8N2. The Balaban J connectivity index is 2.45. The summed E-state index contributed by atoms with van der Waals surface area (Å²) in [5, 5.41) is 3.19. The van der Waals surface area contributed by atoms with E-state index in [1.165, 1.54) is 0 Å². The lowest BCUT2D eigenvalue weighted by atomic mass is 10.2. The first-order valence-electron chi connectivity index (χ1n) is 3.55. The Hall–Kier alpha value is -1.31. The lowest BCUT2D eigenvalue weighted by Crippen LogP contribution is -1.99. The fourth-order valence-corrected chi connectivity index (χ4v) is 1.07. The van der Waals surface area contributed by atoms with Crippen LogP contribution in [0.5, 0.6) is 0 Å². The summed E-state index contributed by atoms with van der Waals surface area (Å²) in [7, 11) is 0. The Kier molecular flexibility index (Phi) is 1.60. The standard InChI is InChI=1S/C9H8N2/c1-2-4-9-8(3-1)7-10-5-6-11-9/h1-4,7,11H,6H2. The minimum absolute atomic E-state index is 0.688. The van der Waals surface area contributed by atoms with Gasteiger partial charge in [-0.15, -0.1) is 0 Å². The second kappa shape index (κ2) is 2.74. The predicted octanol–water partition coefficient (Wildman–Crippen LogP) is 1.57. The van der Waals surface area contributed by atoms with E-state index in [0.717, 1.165) is 11.3 Å². The van der Waals surface area contributed by atoms with Crippen molar-refractivity contribution < 1.29 is 0 Å². The molecule has 0 amide bonds. The number of benzene rings is 1. The van der Waals surface area contributed by atoms with Crippen LogP contribution in [0, 0.1) is 6.54 Å². The molecule has 1 N–H and O–H groups in total. The third kappa shape index (κ3) is 1.24. The lowest BCUT2D eigenvalue weighted by molar-refractivity contribution is 1.18. The van der Waals surface area contributed by atoms with Crippen molar-refractivity contribution in [3.05, 3.63) is 36.4 Å². The van der Waals surface area contributed by atoms with Crippen molar-refractivity contribution in [3.8, 4) is 0 Å². The van der Waals surface area contributed by atoms with E-state index in [-0.39, 0.29) is 0 Å². The molecule has 1 aromatic carbocycles. The molecule has 0 saturated heterocycles. The Morgan fingerprint density at radius 3 is 3.27 bits per heavy atom. The zero-order valence-corrected chi connectivity index (χ0v) is 6.04. The van der Waals surface area contributed by atoms with E-state index < -0.39 is 0 Å². The van der Waals surface area contributed by atoms with Gasteiger partial charge in [-0.3, -0.25) is 4.99 Å². The number of para-hydroxylation sites is 1. The molecule has 11 heavy (non-hydrogen) atoms. The van der Waals surface area contributed by atoms with Gasteiger partial charge in [-0.1, -0.05) is 18.2 Å². The smallest absolute Gasteiger partial charge is 0.136 e. The van der Waals surface area contributed by atoms with E-state index in [0.29, 0.717) is 6.54 Å². The molecule has 2 radical (unpaired) electrons. The molecule has 0 aromatic heterocycles. The van der Waals surface area contributed by atoms with Crippen LogP contribution in [0.3, 0.4) is 0 Å². The monoisotopic (exact) mass is 144 g/mol. The first-order chi connectivity index (χ1) is 5.47. The van der Waals surface area contributed by atoms with E-state index in [9.17, 15) is 0 Å². The van der Waals surface area contributed by atoms with Crippen molar-refractivity contribution in [1.29, 1.82) is 0 Å². The molecule has 2 nitrogen and oxygen atoms in total. The van der Waals surface area contributed by atoms with Crippen LogP contribution in [0.4, 0.5) is 5.69 Å². The van der Waals surface area contributed by atoms with E-state index in [1.54, 1.807) is 0 Å². The van der Waals surface area contributed by atoms with E-state index >= 15 is 0 Å². The highest BCUT2D eigenvalue weighted by molar-refractivity contribution is 5.88. The first kappa shape index (κ1) is 6.40. The molecule has 0 unspecified atom stereocenters. The molecule has 0 bridgehead atoms. The van der Waals surface area contributed by atoms with Gasteiger partial charge in [-0.25, -0.2) is 0 Å². The van der Waals surface area contributed by atoms with Crippen molar-refractivity contribution in [3.63, 3.8) is 0 Å². The molecule has 0 fully saturated rings. The van der Waals surface area contributed by atoms with E-state index in [1.807, 2.05) is 30.5 Å². The van der Waals surface area contributed by atoms with Crippen molar-refractivity contribution >= 4 is 11.9 Å². The average Bonchev–Trinajstić information content (AvgIpc) is 2.28. The molecule has 0 atom stereocenters. The van der Waals surface area contributed by atoms with Crippen LogP contribution in [0.15, 0.2) is 29.3 Å². The molecule has 1 aliphatic heterocycles. The zero-order valence-electron chi connectivity index (χ0n) is 6.04. The van der Waals surface area contributed by atoms with Crippen molar-refractivity contribution in [2.75, 3.05) is 11.9 Å². The highest BCUT2D eigenvalue weighted by Crippen LogP contribution is 2.14. The maximum atomic E-state index is 3.97. The molecule has 1 aliphatic rings. The highest BCUT2D eigenvalue weighted by Gasteiger charge is 2.00. The fraction of sp³-hybridized carbons (Fsp3) is 0.111. The molecule has 0 saturated carbocycles. The number of aliphatic imine (C=N–C) groups is 1. The number of nitrogens with one attached hydrogen (secondary N) is 1. The minimum atomic E-state index is 0.688. The number of fused-ring (bicyclic) bond motifs is 1. The normalized spacial score (nSPS) is 14.9. The number of benzodiazepines with no additional fused rings is 1. The van der Waals surface area contributed by atoms with Gasteiger partial charge in [-0.2, -0.15) is 0 Å². The zero-order chi connectivity index (χ0) is 7.52. The number of hydrogen-bond acceptors (Lipinski definition) is 2. The maximum absolute atomic E-state index is 3.97. The fourth-order valence-electron chi connectivity index (χ4n) is 1.07. The van der Waals surface area contributed by atoms with Crippen LogP contribution in [-0.2, 0) is 0 Å². The summed E-state index contributed by atoms with van der Waals surface area (Å²) in [6.07, 6.45) is 1.81. The third-order valence-electron chi connectivity index (χ3n) is 1.61. The summed E-state index contributed by atoms with van der Waals surface area (Å²) in [5.74, 6) is 0. The largest absolute Gasteiger partial charge is 0.382 e. The van der Waals surface area contributed by atoms with Crippen molar-refractivity contribution in [2.24, 2.45) is 4.99 Å². The lowest BCUT2D eigenvalue weighted by Gasteiger charge is -2.02. The van der Waals surface area contributed by atoms with Gasteiger partial charge in [0.15, 0.2) is 0 Å². The number of hydrogen-bond donors (Lipinski definition) is 1. The van der Waals surface area contributed by atoms with Crippen LogP contribution in [0.25, 0.3) is 0 Å². The molecular weight excluding hydrogens is 136 g/mol. The van der Waals surface area contributed by atoms with Gasteiger partial charge in [0.05, 0.1) is 0 Å². The van der Waals surface area contributed by atoms with Gasteiger partial charge < -0.3 is 5.32 Å². The van der Waals surface area contributed by atoms with Crippen LogP contribution < -0.4 is 5.32 Å². The van der Waals surface area contributed by atoms with Gasteiger partial charge in [0.1, 0.15) is 6.54 Å². The van der Waals surface area contributed by atoms with E-state index in [4.69, 9.17) is 0 Å². The topological polar surface area (TPSA) is 24.4 Å². The highest BCUT2D eigenvalue weighted by atomic mass is 14.9. The number of anilines is 1. The van der Waals surface area contributed by atoms with E-state index in [2.05, 4.69) is 16.9 Å². The average molecular weight is 144 g/mol. The van der Waals surface area contributed by atoms with Gasteiger partial charge in [0.25, 0.3) is 0 Å². The van der Waals surface area contributed by atoms with Gasteiger partial charge in [-0.05, 0) is 6.07 Å². The SMILES string of the molecule is [C]1CNc2ccccc2C=N1.